The van der Waals surface area contributed by atoms with E-state index in [4.69, 9.17) is 22.9 Å². The van der Waals surface area contributed by atoms with Gasteiger partial charge in [-0.15, -0.1) is 0 Å². The third-order valence-electron chi connectivity index (χ3n) is 8.70. The molecule has 4 aromatic rings. The second kappa shape index (κ2) is 13.7. The predicted molar refractivity (Wildman–Crippen MR) is 174 cm³/mol. The van der Waals surface area contributed by atoms with Crippen LogP contribution in [0.5, 0.6) is 23.0 Å². The number of alkyl halides is 12. The summed E-state index contributed by atoms with van der Waals surface area (Å²) in [6, 6.07) is 6.48. The van der Waals surface area contributed by atoms with E-state index >= 15 is 0 Å². The van der Waals surface area contributed by atoms with E-state index in [-0.39, 0.29) is 22.3 Å². The van der Waals surface area contributed by atoms with Crippen LogP contribution < -0.4 is 22.9 Å². The zero-order valence-corrected chi connectivity index (χ0v) is 28.3. The van der Waals surface area contributed by atoms with Crippen molar-refractivity contribution in [2.45, 2.75) is 63.2 Å². The molecule has 4 rings (SSSR count). The smallest absolute Gasteiger partial charge is 0.420 e. The fourth-order valence-electron chi connectivity index (χ4n) is 5.27. The minimum Gasteiger partial charge on any atom is -0.506 e. The first-order valence-electron chi connectivity index (χ1n) is 14.9. The fourth-order valence-corrected chi connectivity index (χ4v) is 5.27. The number of aromatic hydroxyl groups is 4. The molecule has 0 heterocycles. The summed E-state index contributed by atoms with van der Waals surface area (Å²) < 4.78 is 158. The summed E-state index contributed by atoms with van der Waals surface area (Å²) in [6.45, 7) is 5.41. The van der Waals surface area contributed by atoms with Crippen molar-refractivity contribution in [3.8, 4) is 23.0 Å². The normalized spacial score (nSPS) is 13.0. The molecule has 0 atom stereocenters. The molecule has 20 heteroatoms. The van der Waals surface area contributed by atoms with Gasteiger partial charge in [-0.05, 0) is 70.8 Å². The maximum Gasteiger partial charge on any atom is 0.420 e. The zero-order valence-electron chi connectivity index (χ0n) is 28.3. The van der Waals surface area contributed by atoms with Gasteiger partial charge in [0.25, 0.3) is 0 Å². The Morgan fingerprint density at radius 1 is 0.370 bits per heavy atom. The third kappa shape index (κ3) is 8.46. The standard InChI is InChI=1S/2C17H16F6N2O2/c1-15(2,7-3-9(16(18,19)20)13(24)11(26)5-7)8-4-10(17(21,22)23)14(25)12(27)6-8;1-15(2,7-3-9(16(18,19)20)13(26)11(24)5-7)8-4-10(17(21,22)23)14(27)12(25)6-8/h2*3-6,26-27H,24-25H2,1-2H3. The number of anilines is 4. The summed E-state index contributed by atoms with van der Waals surface area (Å²) >= 11 is 0. The number of phenolic OH excluding ortho intramolecular Hbond substituents is 4. The van der Waals surface area contributed by atoms with Crippen molar-refractivity contribution >= 4 is 22.7 Å². The molecule has 0 unspecified atom stereocenters. The molecule has 0 spiro atoms. The number of hydrogen-bond donors (Lipinski definition) is 8. The van der Waals surface area contributed by atoms with Crippen molar-refractivity contribution in [1.82, 2.24) is 0 Å². The molecule has 4 aromatic carbocycles. The number of nitrogens with two attached hydrogens (primary N) is 4. The molecular weight excluding hydrogens is 756 g/mol. The summed E-state index contributed by atoms with van der Waals surface area (Å²) in [7, 11) is 0. The summed E-state index contributed by atoms with van der Waals surface area (Å²) in [5, 5.41) is 38.7. The van der Waals surface area contributed by atoms with E-state index in [0.717, 1.165) is 24.3 Å². The van der Waals surface area contributed by atoms with Gasteiger partial charge < -0.3 is 43.4 Å². The van der Waals surface area contributed by atoms with Gasteiger partial charge in [0.2, 0.25) is 0 Å². The van der Waals surface area contributed by atoms with E-state index in [0.29, 0.717) is 24.3 Å². The van der Waals surface area contributed by atoms with Gasteiger partial charge in [0.05, 0.1) is 45.0 Å². The van der Waals surface area contributed by atoms with Gasteiger partial charge in [0.1, 0.15) is 11.5 Å². The Balaban J connectivity index is 0.000000290. The van der Waals surface area contributed by atoms with Crippen LogP contribution in [0.1, 0.15) is 72.2 Å². The van der Waals surface area contributed by atoms with Crippen molar-refractivity contribution in [3.63, 3.8) is 0 Å². The molecule has 8 nitrogen and oxygen atoms in total. The van der Waals surface area contributed by atoms with Gasteiger partial charge in [-0.2, -0.15) is 52.7 Å². The molecule has 0 aliphatic carbocycles. The lowest BCUT2D eigenvalue weighted by Gasteiger charge is -2.29. The van der Waals surface area contributed by atoms with Crippen molar-refractivity contribution in [2.24, 2.45) is 0 Å². The maximum absolute atomic E-state index is 13.1. The van der Waals surface area contributed by atoms with Crippen LogP contribution in [0.2, 0.25) is 0 Å². The first-order valence-corrected chi connectivity index (χ1v) is 14.9. The quantitative estimate of drug-likeness (QED) is 0.0571. The number of benzene rings is 4. The molecule has 12 N–H and O–H groups in total. The van der Waals surface area contributed by atoms with Gasteiger partial charge in [-0.3, -0.25) is 0 Å². The second-order valence-corrected chi connectivity index (χ2v) is 13.1. The summed E-state index contributed by atoms with van der Waals surface area (Å²) in [4.78, 5) is 0. The van der Waals surface area contributed by atoms with Crippen LogP contribution in [0, 0.1) is 0 Å². The molecule has 0 aliphatic rings. The number of phenols is 4. The van der Waals surface area contributed by atoms with Gasteiger partial charge in [-0.1, -0.05) is 27.7 Å². The molecular formula is C34H32F12N4O4. The molecule has 0 saturated carbocycles. The molecule has 0 saturated heterocycles. The van der Waals surface area contributed by atoms with Crippen molar-refractivity contribution in [3.05, 3.63) is 93.0 Å². The topological polar surface area (TPSA) is 185 Å². The third-order valence-corrected chi connectivity index (χ3v) is 8.70. The van der Waals surface area contributed by atoms with Gasteiger partial charge in [0, 0.05) is 10.8 Å². The molecule has 0 fully saturated rings. The fraction of sp³-hybridized carbons (Fsp3) is 0.294. The Morgan fingerprint density at radius 3 is 0.833 bits per heavy atom. The van der Waals surface area contributed by atoms with Crippen molar-refractivity contribution < 1.29 is 73.1 Å². The average Bonchev–Trinajstić information content (AvgIpc) is 2.99. The minimum atomic E-state index is -4.92. The Bertz CT molecular complexity index is 1780. The molecule has 0 aliphatic heterocycles. The molecule has 296 valence electrons. The van der Waals surface area contributed by atoms with E-state index < -0.39 is 104 Å². The van der Waals surface area contributed by atoms with Crippen LogP contribution in [0.4, 0.5) is 75.4 Å². The van der Waals surface area contributed by atoms with Crippen LogP contribution in [0.25, 0.3) is 0 Å². The SMILES string of the molecule is CC(C)(c1cc(N)c(O)c(C(F)(F)F)c1)c1cc(N)c(O)c(C(F)(F)F)c1.CC(C)(c1cc(O)c(N)c(C(F)(F)F)c1)c1cc(O)c(N)c(C(F)(F)F)c1. The van der Waals surface area contributed by atoms with Gasteiger partial charge >= 0.3 is 24.7 Å². The number of nitrogen functional groups attached to an aromatic ring is 4. The van der Waals surface area contributed by atoms with Crippen molar-refractivity contribution in [2.75, 3.05) is 22.9 Å². The summed E-state index contributed by atoms with van der Waals surface area (Å²) in [5.74, 6) is -4.04. The monoisotopic (exact) mass is 788 g/mol. The van der Waals surface area contributed by atoms with E-state index in [1.54, 1.807) is 0 Å². The van der Waals surface area contributed by atoms with E-state index in [2.05, 4.69) is 0 Å². The molecule has 54 heavy (non-hydrogen) atoms. The Hall–Kier alpha value is -5.56. The van der Waals surface area contributed by atoms with Crippen LogP contribution >= 0.6 is 0 Å². The summed E-state index contributed by atoms with van der Waals surface area (Å²) in [6.07, 6.45) is -19.6. The van der Waals surface area contributed by atoms with Crippen LogP contribution in [-0.4, -0.2) is 20.4 Å². The van der Waals surface area contributed by atoms with Crippen LogP contribution in [0.3, 0.4) is 0 Å². The predicted octanol–water partition coefficient (Wildman–Crippen LogP) is 9.25. The minimum absolute atomic E-state index is 0.0941. The van der Waals surface area contributed by atoms with E-state index in [9.17, 15) is 73.1 Å². The Morgan fingerprint density at radius 2 is 0.593 bits per heavy atom. The summed E-state index contributed by atoms with van der Waals surface area (Å²) in [5.41, 5.74) is 9.69. The Kier molecular flexibility index (Phi) is 10.9. The number of rotatable bonds is 4. The highest BCUT2D eigenvalue weighted by atomic mass is 19.4. The lowest BCUT2D eigenvalue weighted by molar-refractivity contribution is -0.139. The second-order valence-electron chi connectivity index (χ2n) is 13.1. The van der Waals surface area contributed by atoms with Crippen LogP contribution in [0.15, 0.2) is 48.5 Å². The lowest BCUT2D eigenvalue weighted by Crippen LogP contribution is -2.22. The molecule has 0 aromatic heterocycles. The first-order chi connectivity index (χ1) is 24.1. The van der Waals surface area contributed by atoms with Crippen molar-refractivity contribution in [1.29, 1.82) is 0 Å². The highest BCUT2D eigenvalue weighted by Gasteiger charge is 2.41. The average molecular weight is 789 g/mol. The molecule has 0 bridgehead atoms. The number of hydrogen-bond acceptors (Lipinski definition) is 8. The number of halogens is 12. The van der Waals surface area contributed by atoms with Gasteiger partial charge in [0.15, 0.2) is 11.5 Å². The van der Waals surface area contributed by atoms with Crippen LogP contribution in [-0.2, 0) is 35.5 Å². The van der Waals surface area contributed by atoms with Gasteiger partial charge in [-0.25, -0.2) is 0 Å². The molecule has 0 amide bonds. The highest BCUT2D eigenvalue weighted by molar-refractivity contribution is 5.66. The maximum atomic E-state index is 13.1. The molecule has 0 radical (unpaired) electrons. The first kappa shape index (κ1) is 42.8. The largest absolute Gasteiger partial charge is 0.506 e. The van der Waals surface area contributed by atoms with E-state index in [1.165, 1.54) is 27.7 Å². The van der Waals surface area contributed by atoms with E-state index in [1.807, 2.05) is 0 Å². The lowest BCUT2D eigenvalue weighted by atomic mass is 9.76. The highest BCUT2D eigenvalue weighted by Crippen LogP contribution is 2.48. The zero-order chi connectivity index (χ0) is 41.9. The Labute approximate surface area is 298 Å².